The molecule has 1 fully saturated rings. The third kappa shape index (κ3) is 3.49. The van der Waals surface area contributed by atoms with E-state index in [4.69, 9.17) is 0 Å². The number of hydrogen-bond acceptors (Lipinski definition) is 7. The molecule has 7 nitrogen and oxygen atoms in total. The van der Waals surface area contributed by atoms with Gasteiger partial charge in [-0.3, -0.25) is 0 Å². The first-order chi connectivity index (χ1) is 11.2. The lowest BCUT2D eigenvalue weighted by atomic mass is 10.3. The maximum atomic E-state index is 4.62. The highest BCUT2D eigenvalue weighted by molar-refractivity contribution is 5.45. The summed E-state index contributed by atoms with van der Waals surface area (Å²) in [6, 6.07) is 4.01. The van der Waals surface area contributed by atoms with Crippen molar-refractivity contribution in [1.29, 1.82) is 0 Å². The fraction of sp³-hybridized carbons (Fsp3) is 0.500. The van der Waals surface area contributed by atoms with Crippen molar-refractivity contribution < 1.29 is 0 Å². The summed E-state index contributed by atoms with van der Waals surface area (Å²) in [4.78, 5) is 24.2. The average Bonchev–Trinajstić information content (AvgIpc) is 2.62. The van der Waals surface area contributed by atoms with Crippen LogP contribution < -0.4 is 14.7 Å². The average molecular weight is 313 g/mol. The van der Waals surface area contributed by atoms with E-state index in [0.717, 1.165) is 55.9 Å². The van der Waals surface area contributed by atoms with Gasteiger partial charge in [-0.15, -0.1) is 0 Å². The van der Waals surface area contributed by atoms with Gasteiger partial charge in [0.05, 0.1) is 0 Å². The van der Waals surface area contributed by atoms with Crippen LogP contribution in [0.25, 0.3) is 0 Å². The summed E-state index contributed by atoms with van der Waals surface area (Å²) in [6.45, 7) is 5.72. The lowest BCUT2D eigenvalue weighted by Gasteiger charge is -2.35. The van der Waals surface area contributed by atoms with Crippen molar-refractivity contribution in [3.63, 3.8) is 0 Å². The molecule has 1 aliphatic rings. The summed E-state index contributed by atoms with van der Waals surface area (Å²) in [6.07, 6.45) is 4.41. The van der Waals surface area contributed by atoms with Crippen LogP contribution in [0.5, 0.6) is 0 Å². The van der Waals surface area contributed by atoms with Crippen molar-refractivity contribution in [2.45, 2.75) is 13.3 Å². The smallest absolute Gasteiger partial charge is 0.227 e. The first-order valence-corrected chi connectivity index (χ1v) is 7.98. The van der Waals surface area contributed by atoms with E-state index in [9.17, 15) is 0 Å². The largest absolute Gasteiger partial charge is 0.363 e. The van der Waals surface area contributed by atoms with Gasteiger partial charge in [0.1, 0.15) is 18.0 Å². The molecule has 0 radical (unpaired) electrons. The van der Waals surface area contributed by atoms with Gasteiger partial charge in [0.25, 0.3) is 0 Å². The predicted molar refractivity (Wildman–Crippen MR) is 92.2 cm³/mol. The van der Waals surface area contributed by atoms with E-state index in [1.165, 1.54) is 0 Å². The van der Waals surface area contributed by atoms with E-state index in [1.807, 2.05) is 31.3 Å². The molecule has 0 unspecified atom stereocenters. The number of rotatable bonds is 4. The molecular weight excluding hydrogens is 290 g/mol. The van der Waals surface area contributed by atoms with Crippen LogP contribution in [0, 0.1) is 0 Å². The molecule has 0 atom stereocenters. The van der Waals surface area contributed by atoms with Crippen LogP contribution in [0.2, 0.25) is 0 Å². The van der Waals surface area contributed by atoms with E-state index in [2.05, 4.69) is 42.7 Å². The molecule has 7 heteroatoms. The Morgan fingerprint density at radius 3 is 2.48 bits per heavy atom. The van der Waals surface area contributed by atoms with Gasteiger partial charge in [0, 0.05) is 58.2 Å². The second kappa shape index (κ2) is 6.76. The predicted octanol–water partition coefficient (Wildman–Crippen LogP) is 1.22. The third-order valence-corrected chi connectivity index (χ3v) is 4.04. The molecule has 1 aliphatic heterocycles. The molecule has 23 heavy (non-hydrogen) atoms. The Morgan fingerprint density at radius 1 is 1.04 bits per heavy atom. The Labute approximate surface area is 137 Å². The lowest BCUT2D eigenvalue weighted by molar-refractivity contribution is 0.633. The lowest BCUT2D eigenvalue weighted by Crippen LogP contribution is -2.47. The molecule has 1 saturated heterocycles. The monoisotopic (exact) mass is 313 g/mol. The van der Waals surface area contributed by atoms with Gasteiger partial charge in [-0.2, -0.15) is 4.98 Å². The Hall–Kier alpha value is -2.44. The molecule has 0 aliphatic carbocycles. The van der Waals surface area contributed by atoms with Crippen molar-refractivity contribution in [1.82, 2.24) is 19.9 Å². The molecule has 122 valence electrons. The number of anilines is 3. The number of piperazine rings is 1. The second-order valence-electron chi connectivity index (χ2n) is 5.80. The molecule has 0 spiro atoms. The highest BCUT2D eigenvalue weighted by Crippen LogP contribution is 2.18. The molecule has 0 amide bonds. The molecular formula is C16H23N7. The molecule has 0 bridgehead atoms. The Bertz CT molecular complexity index is 650. The number of aryl methyl sites for hydroxylation is 1. The van der Waals surface area contributed by atoms with Gasteiger partial charge in [0.2, 0.25) is 5.95 Å². The molecule has 3 rings (SSSR count). The minimum absolute atomic E-state index is 0.799. The fourth-order valence-electron chi connectivity index (χ4n) is 2.63. The van der Waals surface area contributed by atoms with Crippen LogP contribution >= 0.6 is 0 Å². The van der Waals surface area contributed by atoms with Gasteiger partial charge in [-0.25, -0.2) is 15.0 Å². The van der Waals surface area contributed by atoms with Gasteiger partial charge in [-0.05, 0) is 12.5 Å². The molecule has 2 aromatic rings. The molecule has 0 aromatic carbocycles. The standard InChI is InChI=1S/C16H23N7/c1-4-13-11-15(19-12-18-13)22-7-9-23(10-8-22)16-17-6-5-14(20-16)21(2)3/h5-6,11-12H,4,7-10H2,1-3H3. The summed E-state index contributed by atoms with van der Waals surface area (Å²) >= 11 is 0. The maximum Gasteiger partial charge on any atom is 0.227 e. The van der Waals surface area contributed by atoms with Crippen LogP contribution in [0.15, 0.2) is 24.7 Å². The number of nitrogens with zero attached hydrogens (tertiary/aromatic N) is 7. The summed E-state index contributed by atoms with van der Waals surface area (Å²) in [5.74, 6) is 2.74. The first-order valence-electron chi connectivity index (χ1n) is 7.98. The summed E-state index contributed by atoms with van der Waals surface area (Å²) in [7, 11) is 3.98. The van der Waals surface area contributed by atoms with Crippen molar-refractivity contribution in [2.24, 2.45) is 0 Å². The highest BCUT2D eigenvalue weighted by Gasteiger charge is 2.20. The van der Waals surface area contributed by atoms with Gasteiger partial charge >= 0.3 is 0 Å². The van der Waals surface area contributed by atoms with E-state index in [-0.39, 0.29) is 0 Å². The van der Waals surface area contributed by atoms with Gasteiger partial charge in [-0.1, -0.05) is 6.92 Å². The van der Waals surface area contributed by atoms with Crippen LogP contribution in [-0.2, 0) is 6.42 Å². The normalized spacial score (nSPS) is 14.9. The third-order valence-electron chi connectivity index (χ3n) is 4.04. The van der Waals surface area contributed by atoms with Gasteiger partial charge < -0.3 is 14.7 Å². The Kier molecular flexibility index (Phi) is 4.55. The summed E-state index contributed by atoms with van der Waals surface area (Å²) in [5.41, 5.74) is 1.08. The van der Waals surface area contributed by atoms with Crippen LogP contribution in [0.4, 0.5) is 17.6 Å². The first kappa shape index (κ1) is 15.5. The Balaban J connectivity index is 1.67. The topological polar surface area (TPSA) is 61.3 Å². The molecule has 0 saturated carbocycles. The zero-order valence-corrected chi connectivity index (χ0v) is 14.0. The molecule has 3 heterocycles. The SMILES string of the molecule is CCc1cc(N2CCN(c3nccc(N(C)C)n3)CC2)ncn1. The second-order valence-corrected chi connectivity index (χ2v) is 5.80. The molecule has 0 N–H and O–H groups in total. The van der Waals surface area contributed by atoms with Gasteiger partial charge in [0.15, 0.2) is 0 Å². The quantitative estimate of drug-likeness (QED) is 0.841. The van der Waals surface area contributed by atoms with E-state index >= 15 is 0 Å². The van der Waals surface area contributed by atoms with E-state index < -0.39 is 0 Å². The summed E-state index contributed by atoms with van der Waals surface area (Å²) < 4.78 is 0. The van der Waals surface area contributed by atoms with Crippen molar-refractivity contribution >= 4 is 17.6 Å². The summed E-state index contributed by atoms with van der Waals surface area (Å²) in [5, 5.41) is 0. The zero-order chi connectivity index (χ0) is 16.2. The maximum absolute atomic E-state index is 4.62. The zero-order valence-electron chi connectivity index (χ0n) is 14.0. The fourth-order valence-corrected chi connectivity index (χ4v) is 2.63. The van der Waals surface area contributed by atoms with Crippen LogP contribution in [-0.4, -0.2) is 60.2 Å². The Morgan fingerprint density at radius 2 is 1.78 bits per heavy atom. The minimum Gasteiger partial charge on any atom is -0.363 e. The van der Waals surface area contributed by atoms with E-state index in [0.29, 0.717) is 0 Å². The van der Waals surface area contributed by atoms with E-state index in [1.54, 1.807) is 6.33 Å². The number of aromatic nitrogens is 4. The van der Waals surface area contributed by atoms with Crippen molar-refractivity contribution in [3.8, 4) is 0 Å². The molecule has 2 aromatic heterocycles. The highest BCUT2D eigenvalue weighted by atomic mass is 15.3. The van der Waals surface area contributed by atoms with Crippen LogP contribution in [0.1, 0.15) is 12.6 Å². The minimum atomic E-state index is 0.799. The van der Waals surface area contributed by atoms with Crippen LogP contribution in [0.3, 0.4) is 0 Å². The van der Waals surface area contributed by atoms with Crippen molar-refractivity contribution in [2.75, 3.05) is 55.0 Å². The van der Waals surface area contributed by atoms with Crippen molar-refractivity contribution in [3.05, 3.63) is 30.4 Å². The number of hydrogen-bond donors (Lipinski definition) is 0.